The zero-order chi connectivity index (χ0) is 28.6. The minimum atomic E-state index is -3.68. The van der Waals surface area contributed by atoms with Gasteiger partial charge in [0.05, 0.1) is 34.7 Å². The smallest absolute Gasteiger partial charge is 0.235 e. The van der Waals surface area contributed by atoms with Crippen LogP contribution in [0.25, 0.3) is 39.0 Å². The maximum Gasteiger partial charge on any atom is 0.235 e. The maximum absolute atomic E-state index is 14.7. The lowest BCUT2D eigenvalue weighted by Crippen LogP contribution is -2.22. The molecule has 5 rings (SSSR count). The van der Waals surface area contributed by atoms with Gasteiger partial charge in [-0.15, -0.1) is 0 Å². The van der Waals surface area contributed by atoms with E-state index in [1.807, 2.05) is 49.4 Å². The Labute approximate surface area is 231 Å². The Bertz CT molecular complexity index is 1790. The third-order valence-electron chi connectivity index (χ3n) is 6.61. The second-order valence-electron chi connectivity index (χ2n) is 10.2. The molecular formula is C29H30F2N6O2S. The summed E-state index contributed by atoms with van der Waals surface area (Å²) in [7, 11) is 0.356. The third kappa shape index (κ3) is 5.75. The molecule has 0 spiro atoms. The summed E-state index contributed by atoms with van der Waals surface area (Å²) in [6.07, 6.45) is 5.45. The van der Waals surface area contributed by atoms with Crippen molar-refractivity contribution in [3.63, 3.8) is 0 Å². The Morgan fingerprint density at radius 3 is 2.50 bits per heavy atom. The molecule has 1 N–H and O–H groups in total. The Morgan fingerprint density at radius 1 is 0.975 bits per heavy atom. The molecule has 0 unspecified atom stereocenters. The van der Waals surface area contributed by atoms with Crippen molar-refractivity contribution in [3.05, 3.63) is 85.0 Å². The predicted molar refractivity (Wildman–Crippen MR) is 154 cm³/mol. The highest BCUT2D eigenvalue weighted by molar-refractivity contribution is 7.93. The van der Waals surface area contributed by atoms with Gasteiger partial charge in [-0.3, -0.25) is 14.0 Å². The first-order valence-corrected chi connectivity index (χ1v) is 14.3. The van der Waals surface area contributed by atoms with Gasteiger partial charge in [0, 0.05) is 35.6 Å². The van der Waals surface area contributed by atoms with Crippen LogP contribution in [-0.4, -0.2) is 58.5 Å². The van der Waals surface area contributed by atoms with Gasteiger partial charge in [0.1, 0.15) is 18.0 Å². The number of aromatic nitrogens is 4. The van der Waals surface area contributed by atoms with Crippen LogP contribution < -0.4 is 4.72 Å². The maximum atomic E-state index is 14.7. The summed E-state index contributed by atoms with van der Waals surface area (Å²) >= 11 is 0. The van der Waals surface area contributed by atoms with E-state index in [4.69, 9.17) is 0 Å². The molecule has 2 aromatic heterocycles. The normalized spacial score (nSPS) is 12.1. The van der Waals surface area contributed by atoms with Gasteiger partial charge in [-0.25, -0.2) is 22.2 Å². The first kappa shape index (κ1) is 27.5. The summed E-state index contributed by atoms with van der Waals surface area (Å²) in [6, 6.07) is 14.1. The molecule has 0 radical (unpaired) electrons. The van der Waals surface area contributed by atoms with Gasteiger partial charge >= 0.3 is 0 Å². The molecule has 0 bridgehead atoms. The number of anilines is 1. The van der Waals surface area contributed by atoms with Crippen LogP contribution >= 0.6 is 0 Å². The van der Waals surface area contributed by atoms with Crippen LogP contribution in [0.2, 0.25) is 0 Å². The van der Waals surface area contributed by atoms with Gasteiger partial charge in [-0.2, -0.15) is 5.10 Å². The number of benzene rings is 3. The molecule has 11 heteroatoms. The van der Waals surface area contributed by atoms with Crippen molar-refractivity contribution in [3.8, 4) is 27.9 Å². The van der Waals surface area contributed by atoms with Crippen molar-refractivity contribution < 1.29 is 17.2 Å². The van der Waals surface area contributed by atoms with Crippen molar-refractivity contribution in [2.75, 3.05) is 25.4 Å². The molecule has 0 saturated carbocycles. The first-order chi connectivity index (χ1) is 19.0. The van der Waals surface area contributed by atoms with E-state index in [1.54, 1.807) is 36.9 Å². The summed E-state index contributed by atoms with van der Waals surface area (Å²) < 4.78 is 60.0. The summed E-state index contributed by atoms with van der Waals surface area (Å²) in [6.45, 7) is 4.79. The zero-order valence-corrected chi connectivity index (χ0v) is 23.5. The molecule has 0 atom stereocenters. The average Bonchev–Trinajstić information content (AvgIpc) is 3.54. The Morgan fingerprint density at radius 2 is 1.77 bits per heavy atom. The van der Waals surface area contributed by atoms with E-state index < -0.39 is 26.9 Å². The van der Waals surface area contributed by atoms with Crippen molar-refractivity contribution in [2.45, 2.75) is 25.6 Å². The number of fused-ring (bicyclic) bond motifs is 1. The largest absolute Gasteiger partial charge is 0.308 e. The average molecular weight is 565 g/mol. The predicted octanol–water partition coefficient (Wildman–Crippen LogP) is 5.55. The fourth-order valence-electron chi connectivity index (χ4n) is 4.31. The number of imidazole rings is 1. The lowest BCUT2D eigenvalue weighted by atomic mass is 10.0. The van der Waals surface area contributed by atoms with Crippen LogP contribution in [0.5, 0.6) is 0 Å². The van der Waals surface area contributed by atoms with Gasteiger partial charge in [0.15, 0.2) is 0 Å². The van der Waals surface area contributed by atoms with E-state index >= 15 is 0 Å². The summed E-state index contributed by atoms with van der Waals surface area (Å²) in [5, 5.41) is 3.78. The third-order valence-corrected chi connectivity index (χ3v) is 8.37. The quantitative estimate of drug-likeness (QED) is 0.254. The SMILES string of the molecule is CC(C)S(=O)(=O)Nc1cc(-c2ccc(F)cc2F)cc(-n2cnc3cc(-c4cnn(CCN(C)C)c4)ccc32)c1. The highest BCUT2D eigenvalue weighted by atomic mass is 32.2. The topological polar surface area (TPSA) is 85.0 Å². The number of nitrogens with one attached hydrogen (secondary N) is 1. The Hall–Kier alpha value is -4.09. The van der Waals surface area contributed by atoms with Crippen LogP contribution in [0, 0.1) is 11.6 Å². The van der Waals surface area contributed by atoms with Gasteiger partial charge in [0.2, 0.25) is 10.0 Å². The van der Waals surface area contributed by atoms with Crippen LogP contribution in [0.4, 0.5) is 14.5 Å². The van der Waals surface area contributed by atoms with Gasteiger partial charge in [-0.1, -0.05) is 6.07 Å². The van der Waals surface area contributed by atoms with Gasteiger partial charge in [-0.05, 0) is 81.5 Å². The van der Waals surface area contributed by atoms with E-state index in [9.17, 15) is 17.2 Å². The zero-order valence-electron chi connectivity index (χ0n) is 22.6. The van der Waals surface area contributed by atoms with Crippen LogP contribution in [0.3, 0.4) is 0 Å². The monoisotopic (exact) mass is 564 g/mol. The van der Waals surface area contributed by atoms with Crippen LogP contribution in [-0.2, 0) is 16.6 Å². The highest BCUT2D eigenvalue weighted by Gasteiger charge is 2.18. The highest BCUT2D eigenvalue weighted by Crippen LogP contribution is 2.32. The Kier molecular flexibility index (Phi) is 7.43. The summed E-state index contributed by atoms with van der Waals surface area (Å²) in [5.41, 5.74) is 4.78. The number of rotatable bonds is 9. The van der Waals surface area contributed by atoms with Gasteiger partial charge < -0.3 is 4.90 Å². The number of nitrogens with zero attached hydrogens (tertiary/aromatic N) is 5. The van der Waals surface area contributed by atoms with Crippen molar-refractivity contribution >= 4 is 26.7 Å². The Balaban J connectivity index is 1.56. The molecule has 8 nitrogen and oxygen atoms in total. The van der Waals surface area contributed by atoms with E-state index in [0.29, 0.717) is 11.3 Å². The molecule has 0 aliphatic heterocycles. The molecular weight excluding hydrogens is 534 g/mol. The van der Waals surface area contributed by atoms with Crippen molar-refractivity contribution in [1.82, 2.24) is 24.2 Å². The number of likely N-dealkylation sites (N-methyl/N-ethyl adjacent to an activating group) is 1. The summed E-state index contributed by atoms with van der Waals surface area (Å²) in [4.78, 5) is 6.67. The minimum absolute atomic E-state index is 0.145. The molecule has 0 amide bonds. The fourth-order valence-corrected chi connectivity index (χ4v) is 4.99. The molecule has 0 fully saturated rings. The molecule has 0 saturated heterocycles. The lowest BCUT2D eigenvalue weighted by molar-refractivity contribution is 0.373. The summed E-state index contributed by atoms with van der Waals surface area (Å²) in [5.74, 6) is -1.45. The molecule has 208 valence electrons. The first-order valence-electron chi connectivity index (χ1n) is 12.8. The van der Waals surface area contributed by atoms with E-state index in [-0.39, 0.29) is 11.3 Å². The number of halogens is 2. The van der Waals surface area contributed by atoms with E-state index in [2.05, 4.69) is 19.7 Å². The second kappa shape index (κ2) is 10.8. The van der Waals surface area contributed by atoms with E-state index in [1.165, 1.54) is 18.2 Å². The second-order valence-corrected chi connectivity index (χ2v) is 12.4. The minimum Gasteiger partial charge on any atom is -0.308 e. The van der Waals surface area contributed by atoms with E-state index in [0.717, 1.165) is 41.3 Å². The van der Waals surface area contributed by atoms with Crippen LogP contribution in [0.1, 0.15) is 13.8 Å². The molecule has 40 heavy (non-hydrogen) atoms. The lowest BCUT2D eigenvalue weighted by Gasteiger charge is -2.15. The standard InChI is InChI=1S/C29H30F2N6O2S/c1-19(2)40(38,39)34-24-11-21(26-7-6-23(30)14-27(26)31)12-25(15-24)37-18-32-28-13-20(5-8-29(28)37)22-16-33-36(17-22)10-9-35(3)4/h5-8,11-19,34H,9-10H2,1-4H3. The fraction of sp³-hybridized carbons (Fsp3) is 0.241. The number of sulfonamides is 1. The molecule has 5 aromatic rings. The molecule has 0 aliphatic carbocycles. The number of hydrogen-bond acceptors (Lipinski definition) is 5. The molecule has 0 aliphatic rings. The van der Waals surface area contributed by atoms with Crippen molar-refractivity contribution in [2.24, 2.45) is 0 Å². The van der Waals surface area contributed by atoms with Gasteiger partial charge in [0.25, 0.3) is 0 Å². The van der Waals surface area contributed by atoms with Crippen LogP contribution in [0.15, 0.2) is 73.3 Å². The molecule has 2 heterocycles. The van der Waals surface area contributed by atoms with Crippen molar-refractivity contribution in [1.29, 1.82) is 0 Å². The molecule has 3 aromatic carbocycles. The number of hydrogen-bond donors (Lipinski definition) is 1.